The second-order valence-electron chi connectivity index (χ2n) is 3.32. The van der Waals surface area contributed by atoms with Crippen LogP contribution in [0.3, 0.4) is 0 Å². The van der Waals surface area contributed by atoms with Gasteiger partial charge in [0.1, 0.15) is 0 Å². The lowest BCUT2D eigenvalue weighted by molar-refractivity contribution is 0.868. The summed E-state index contributed by atoms with van der Waals surface area (Å²) in [7, 11) is 0. The molecule has 3 heteroatoms. The van der Waals surface area contributed by atoms with Crippen LogP contribution in [0.5, 0.6) is 0 Å². The van der Waals surface area contributed by atoms with Crippen molar-refractivity contribution < 1.29 is 0 Å². The number of halogens is 2. The van der Waals surface area contributed by atoms with E-state index in [1.54, 1.807) is 6.07 Å². The topological polar surface area (TPSA) is 26.0 Å². The maximum Gasteiger partial charge on any atom is 0.0664 e. The maximum absolute atomic E-state index is 6.02. The molecule has 76 valence electrons. The molecule has 0 aliphatic heterocycles. The highest BCUT2D eigenvalue weighted by Crippen LogP contribution is 2.27. The van der Waals surface area contributed by atoms with Gasteiger partial charge >= 0.3 is 0 Å². The Hall–Kier alpha value is -0.500. The largest absolute Gasteiger partial charge is 0.324 e. The van der Waals surface area contributed by atoms with Crippen LogP contribution < -0.4 is 5.73 Å². The van der Waals surface area contributed by atoms with Crippen LogP contribution in [0.15, 0.2) is 23.8 Å². The van der Waals surface area contributed by atoms with E-state index in [0.717, 1.165) is 11.1 Å². The third-order valence-electron chi connectivity index (χ3n) is 2.08. The van der Waals surface area contributed by atoms with Crippen molar-refractivity contribution in [2.24, 2.45) is 5.73 Å². The molecule has 0 aliphatic carbocycles. The molecular weight excluding hydrogens is 217 g/mol. The van der Waals surface area contributed by atoms with Gasteiger partial charge in [0.25, 0.3) is 0 Å². The summed E-state index contributed by atoms with van der Waals surface area (Å²) in [4.78, 5) is 0. The average Bonchev–Trinajstić information content (AvgIpc) is 2.12. The van der Waals surface area contributed by atoms with Crippen molar-refractivity contribution in [1.82, 2.24) is 0 Å². The van der Waals surface area contributed by atoms with Crippen molar-refractivity contribution >= 4 is 29.3 Å². The molecule has 0 bridgehead atoms. The minimum Gasteiger partial charge on any atom is -0.324 e. The fraction of sp³-hybridized carbons (Fsp3) is 0.273. The predicted octanol–water partition coefficient (Wildman–Crippen LogP) is 3.74. The highest BCUT2D eigenvalue weighted by Gasteiger charge is 2.03. The van der Waals surface area contributed by atoms with E-state index in [1.165, 1.54) is 0 Å². The SMILES string of the molecule is C/C(=C\c1cccc(Cl)c1Cl)C(C)N. The van der Waals surface area contributed by atoms with Gasteiger partial charge in [0.05, 0.1) is 10.0 Å². The first-order valence-corrected chi connectivity index (χ1v) is 5.15. The molecule has 1 rings (SSSR count). The number of nitrogens with two attached hydrogens (primary N) is 1. The summed E-state index contributed by atoms with van der Waals surface area (Å²) < 4.78 is 0. The molecule has 0 radical (unpaired) electrons. The molecule has 0 saturated carbocycles. The molecule has 1 atom stereocenters. The van der Waals surface area contributed by atoms with Crippen LogP contribution in [0, 0.1) is 0 Å². The van der Waals surface area contributed by atoms with Gasteiger partial charge in [-0.25, -0.2) is 0 Å². The lowest BCUT2D eigenvalue weighted by Gasteiger charge is -2.06. The molecule has 0 aromatic heterocycles. The van der Waals surface area contributed by atoms with Crippen molar-refractivity contribution in [3.05, 3.63) is 39.4 Å². The molecule has 0 aliphatic rings. The zero-order valence-corrected chi connectivity index (χ0v) is 9.73. The first-order chi connectivity index (χ1) is 6.52. The second kappa shape index (κ2) is 4.83. The number of hydrogen-bond acceptors (Lipinski definition) is 1. The Morgan fingerprint density at radius 2 is 2.07 bits per heavy atom. The smallest absolute Gasteiger partial charge is 0.0664 e. The fourth-order valence-corrected chi connectivity index (χ4v) is 1.37. The summed E-state index contributed by atoms with van der Waals surface area (Å²) in [5, 5.41) is 1.15. The molecule has 1 aromatic carbocycles. The molecule has 1 unspecified atom stereocenters. The molecule has 0 heterocycles. The minimum atomic E-state index is 0.0325. The van der Waals surface area contributed by atoms with Crippen LogP contribution >= 0.6 is 23.2 Å². The van der Waals surface area contributed by atoms with Crippen LogP contribution in [0.1, 0.15) is 19.4 Å². The van der Waals surface area contributed by atoms with Crippen LogP contribution in [-0.2, 0) is 0 Å². The molecule has 0 spiro atoms. The highest BCUT2D eigenvalue weighted by atomic mass is 35.5. The van der Waals surface area contributed by atoms with Gasteiger partial charge < -0.3 is 5.73 Å². The Morgan fingerprint density at radius 1 is 1.43 bits per heavy atom. The molecule has 1 nitrogen and oxygen atoms in total. The van der Waals surface area contributed by atoms with Crippen LogP contribution in [-0.4, -0.2) is 6.04 Å². The normalized spacial score (nSPS) is 14.2. The summed E-state index contributed by atoms with van der Waals surface area (Å²) in [6.45, 7) is 3.91. The van der Waals surface area contributed by atoms with Crippen molar-refractivity contribution in [2.45, 2.75) is 19.9 Å². The van der Waals surface area contributed by atoms with Gasteiger partial charge in [0.2, 0.25) is 0 Å². The zero-order chi connectivity index (χ0) is 10.7. The first kappa shape index (κ1) is 11.6. The van der Waals surface area contributed by atoms with Gasteiger partial charge in [-0.3, -0.25) is 0 Å². The van der Waals surface area contributed by atoms with Crippen molar-refractivity contribution in [3.8, 4) is 0 Å². The third kappa shape index (κ3) is 2.74. The summed E-state index contributed by atoms with van der Waals surface area (Å²) >= 11 is 11.9. The monoisotopic (exact) mass is 229 g/mol. The third-order valence-corrected chi connectivity index (χ3v) is 2.92. The molecule has 2 N–H and O–H groups in total. The molecule has 0 saturated heterocycles. The predicted molar refractivity (Wildman–Crippen MR) is 63.8 cm³/mol. The number of rotatable bonds is 2. The van der Waals surface area contributed by atoms with Crippen molar-refractivity contribution in [2.75, 3.05) is 0 Å². The first-order valence-electron chi connectivity index (χ1n) is 4.40. The van der Waals surface area contributed by atoms with Crippen LogP contribution in [0.25, 0.3) is 6.08 Å². The van der Waals surface area contributed by atoms with Gasteiger partial charge in [-0.2, -0.15) is 0 Å². The molecule has 1 aromatic rings. The minimum absolute atomic E-state index is 0.0325. The van der Waals surface area contributed by atoms with E-state index in [4.69, 9.17) is 28.9 Å². The zero-order valence-electron chi connectivity index (χ0n) is 8.22. The van der Waals surface area contributed by atoms with Gasteiger partial charge in [0, 0.05) is 6.04 Å². The number of hydrogen-bond donors (Lipinski definition) is 1. The highest BCUT2D eigenvalue weighted by molar-refractivity contribution is 6.42. The Kier molecular flexibility index (Phi) is 3.99. The van der Waals surface area contributed by atoms with E-state index < -0.39 is 0 Å². The Bertz CT molecular complexity index is 356. The van der Waals surface area contributed by atoms with Gasteiger partial charge in [-0.1, -0.05) is 47.0 Å². The summed E-state index contributed by atoms with van der Waals surface area (Å²) in [5.74, 6) is 0. The van der Waals surface area contributed by atoms with Crippen molar-refractivity contribution in [3.63, 3.8) is 0 Å². The van der Waals surface area contributed by atoms with Gasteiger partial charge in [-0.15, -0.1) is 0 Å². The number of benzene rings is 1. The Balaban J connectivity index is 3.09. The van der Waals surface area contributed by atoms with Gasteiger partial charge in [-0.05, 0) is 25.5 Å². The summed E-state index contributed by atoms with van der Waals surface area (Å²) in [6, 6.07) is 5.59. The van der Waals surface area contributed by atoms with Crippen LogP contribution in [0.4, 0.5) is 0 Å². The Labute approximate surface area is 94.5 Å². The standard InChI is InChI=1S/C11H13Cl2N/c1-7(8(2)14)6-9-4-3-5-10(12)11(9)13/h3-6,8H,14H2,1-2H3/b7-6+. The van der Waals surface area contributed by atoms with Gasteiger partial charge in [0.15, 0.2) is 0 Å². The van der Waals surface area contributed by atoms with E-state index in [9.17, 15) is 0 Å². The lowest BCUT2D eigenvalue weighted by atomic mass is 10.1. The molecule has 0 fully saturated rings. The summed E-state index contributed by atoms with van der Waals surface area (Å²) in [6.07, 6.45) is 1.96. The van der Waals surface area contributed by atoms with Crippen molar-refractivity contribution in [1.29, 1.82) is 0 Å². The maximum atomic E-state index is 6.02. The van der Waals surface area contributed by atoms with Crippen LogP contribution in [0.2, 0.25) is 10.0 Å². The summed E-state index contributed by atoms with van der Waals surface area (Å²) in [5.41, 5.74) is 7.72. The van der Waals surface area contributed by atoms with E-state index >= 15 is 0 Å². The van der Waals surface area contributed by atoms with E-state index in [0.29, 0.717) is 10.0 Å². The fourth-order valence-electron chi connectivity index (χ4n) is 1.01. The van der Waals surface area contributed by atoms with E-state index in [-0.39, 0.29) is 6.04 Å². The molecule has 14 heavy (non-hydrogen) atoms. The van der Waals surface area contributed by atoms with E-state index in [2.05, 4.69) is 0 Å². The quantitative estimate of drug-likeness (QED) is 0.822. The van der Waals surface area contributed by atoms with E-state index in [1.807, 2.05) is 32.1 Å². The lowest BCUT2D eigenvalue weighted by Crippen LogP contribution is -2.15. The molecular formula is C11H13Cl2N. The molecule has 0 amide bonds. The Morgan fingerprint density at radius 3 is 2.64 bits per heavy atom. The second-order valence-corrected chi connectivity index (χ2v) is 4.11. The average molecular weight is 230 g/mol.